The Balaban J connectivity index is 2.39. The number of hydrogen-bond donors (Lipinski definition) is 1. The van der Waals surface area contributed by atoms with E-state index in [4.69, 9.17) is 4.74 Å². The van der Waals surface area contributed by atoms with Gasteiger partial charge >= 0.3 is 5.97 Å². The Morgan fingerprint density at radius 1 is 1.19 bits per heavy atom. The molecular weight excluding hydrogens is 266 g/mol. The first-order chi connectivity index (χ1) is 9.74. The van der Waals surface area contributed by atoms with E-state index in [1.54, 1.807) is 0 Å². The van der Waals surface area contributed by atoms with Crippen molar-refractivity contribution in [2.45, 2.75) is 58.7 Å². The van der Waals surface area contributed by atoms with E-state index in [9.17, 15) is 4.79 Å². The van der Waals surface area contributed by atoms with Crippen LogP contribution >= 0.6 is 0 Å². The molecule has 1 N–H and O–H groups in total. The molecule has 5 heteroatoms. The summed E-state index contributed by atoms with van der Waals surface area (Å²) in [5.74, 6) is -0.156. The molecule has 1 aliphatic heterocycles. The van der Waals surface area contributed by atoms with Crippen LogP contribution in [0.4, 0.5) is 0 Å². The Bertz CT molecular complexity index is 318. The van der Waals surface area contributed by atoms with Gasteiger partial charge in [0.15, 0.2) is 0 Å². The minimum atomic E-state index is -0.198. The van der Waals surface area contributed by atoms with Gasteiger partial charge in [-0.15, -0.1) is 0 Å². The Morgan fingerprint density at radius 2 is 1.76 bits per heavy atom. The number of carbonyl (C=O) groups excluding carboxylic acids is 1. The molecule has 0 aromatic rings. The third kappa shape index (κ3) is 6.32. The van der Waals surface area contributed by atoms with Crippen LogP contribution in [0.2, 0.25) is 0 Å². The van der Waals surface area contributed by atoms with E-state index in [1.807, 2.05) is 0 Å². The summed E-state index contributed by atoms with van der Waals surface area (Å²) in [6.45, 7) is 16.2. The predicted molar refractivity (Wildman–Crippen MR) is 86.5 cm³/mol. The first-order valence-electron chi connectivity index (χ1n) is 8.05. The van der Waals surface area contributed by atoms with E-state index in [2.05, 4.69) is 49.7 Å². The van der Waals surface area contributed by atoms with E-state index in [0.29, 0.717) is 0 Å². The van der Waals surface area contributed by atoms with Crippen molar-refractivity contribution >= 4 is 5.97 Å². The van der Waals surface area contributed by atoms with Crippen molar-refractivity contribution in [1.29, 1.82) is 0 Å². The number of carbonyl (C=O) groups is 1. The Morgan fingerprint density at radius 3 is 2.19 bits per heavy atom. The van der Waals surface area contributed by atoms with Crippen LogP contribution in [0.1, 0.15) is 41.0 Å². The molecule has 0 saturated carbocycles. The molecule has 1 aliphatic rings. The zero-order valence-corrected chi connectivity index (χ0v) is 14.6. The zero-order valence-electron chi connectivity index (χ0n) is 14.6. The number of piperazine rings is 1. The average Bonchev–Trinajstić information content (AvgIpc) is 2.41. The van der Waals surface area contributed by atoms with Crippen molar-refractivity contribution in [3.8, 4) is 0 Å². The Labute approximate surface area is 130 Å². The highest BCUT2D eigenvalue weighted by Gasteiger charge is 2.27. The highest BCUT2D eigenvalue weighted by molar-refractivity contribution is 5.75. The molecule has 1 rings (SSSR count). The van der Waals surface area contributed by atoms with Crippen LogP contribution in [0.5, 0.6) is 0 Å². The molecule has 1 heterocycles. The monoisotopic (exact) mass is 299 g/mol. The second-order valence-corrected chi connectivity index (χ2v) is 7.19. The minimum Gasteiger partial charge on any atom is -0.468 e. The molecule has 0 aliphatic carbocycles. The third-order valence-corrected chi connectivity index (χ3v) is 4.08. The van der Waals surface area contributed by atoms with Crippen molar-refractivity contribution in [3.05, 3.63) is 0 Å². The third-order valence-electron chi connectivity index (χ3n) is 4.08. The Kier molecular flexibility index (Phi) is 7.10. The second-order valence-electron chi connectivity index (χ2n) is 7.19. The van der Waals surface area contributed by atoms with E-state index in [-0.39, 0.29) is 23.6 Å². The first kappa shape index (κ1) is 18.4. The molecule has 0 aromatic carbocycles. The molecule has 0 radical (unpaired) electrons. The molecule has 5 nitrogen and oxygen atoms in total. The van der Waals surface area contributed by atoms with Gasteiger partial charge in [0.25, 0.3) is 0 Å². The largest absolute Gasteiger partial charge is 0.468 e. The van der Waals surface area contributed by atoms with Crippen molar-refractivity contribution in [2.75, 3.05) is 39.8 Å². The fraction of sp³-hybridized carbons (Fsp3) is 0.938. The van der Waals surface area contributed by atoms with Gasteiger partial charge in [0.05, 0.1) is 7.11 Å². The summed E-state index contributed by atoms with van der Waals surface area (Å²) in [5.41, 5.74) is 0.250. The number of hydrogen-bond acceptors (Lipinski definition) is 5. The van der Waals surface area contributed by atoms with Crippen LogP contribution < -0.4 is 5.32 Å². The van der Waals surface area contributed by atoms with Crippen LogP contribution in [0.15, 0.2) is 0 Å². The molecular formula is C16H33N3O2. The summed E-state index contributed by atoms with van der Waals surface area (Å²) in [6.07, 6.45) is 0.806. The lowest BCUT2D eigenvalue weighted by Gasteiger charge is -2.42. The van der Waals surface area contributed by atoms with Crippen LogP contribution in [-0.2, 0) is 9.53 Å². The summed E-state index contributed by atoms with van der Waals surface area (Å²) >= 11 is 0. The number of nitrogens with zero attached hydrogens (tertiary/aromatic N) is 2. The van der Waals surface area contributed by atoms with Gasteiger partial charge in [-0.1, -0.05) is 13.8 Å². The van der Waals surface area contributed by atoms with Gasteiger partial charge in [0, 0.05) is 44.3 Å². The molecule has 124 valence electrons. The molecule has 0 amide bonds. The molecule has 1 saturated heterocycles. The summed E-state index contributed by atoms with van der Waals surface area (Å²) in [5, 5.41) is 3.29. The van der Waals surface area contributed by atoms with Gasteiger partial charge in [-0.3, -0.25) is 9.69 Å². The van der Waals surface area contributed by atoms with Crippen LogP contribution in [0.3, 0.4) is 0 Å². The summed E-state index contributed by atoms with van der Waals surface area (Å²) < 4.78 is 4.89. The first-order valence-corrected chi connectivity index (χ1v) is 8.05. The lowest BCUT2D eigenvalue weighted by atomic mass is 10.0. The maximum atomic E-state index is 11.8. The maximum Gasteiger partial charge on any atom is 0.322 e. The van der Waals surface area contributed by atoms with E-state index < -0.39 is 0 Å². The van der Waals surface area contributed by atoms with Crippen molar-refractivity contribution in [3.63, 3.8) is 0 Å². The molecule has 1 fully saturated rings. The molecule has 0 spiro atoms. The van der Waals surface area contributed by atoms with Gasteiger partial charge in [-0.05, 0) is 27.2 Å². The van der Waals surface area contributed by atoms with Crippen molar-refractivity contribution < 1.29 is 9.53 Å². The normalized spacial score (nSPS) is 19.8. The average molecular weight is 299 g/mol. The van der Waals surface area contributed by atoms with Crippen molar-refractivity contribution in [1.82, 2.24) is 15.1 Å². The Hall–Kier alpha value is -0.650. The predicted octanol–water partition coefficient (Wildman–Crippen LogP) is 1.33. The summed E-state index contributed by atoms with van der Waals surface area (Å²) in [6, 6.07) is 0.0856. The quantitative estimate of drug-likeness (QED) is 0.750. The maximum absolute atomic E-state index is 11.8. The molecule has 1 unspecified atom stereocenters. The van der Waals surface area contributed by atoms with Gasteiger partial charge in [0.1, 0.15) is 6.04 Å². The van der Waals surface area contributed by atoms with Crippen LogP contribution in [0.25, 0.3) is 0 Å². The topological polar surface area (TPSA) is 44.8 Å². The number of esters is 1. The number of nitrogens with one attached hydrogen (secondary N) is 1. The smallest absolute Gasteiger partial charge is 0.322 e. The number of ether oxygens (including phenoxy) is 1. The highest BCUT2D eigenvalue weighted by Crippen LogP contribution is 2.16. The van der Waals surface area contributed by atoms with E-state index in [0.717, 1.165) is 39.1 Å². The summed E-state index contributed by atoms with van der Waals surface area (Å²) in [4.78, 5) is 16.8. The molecule has 0 bridgehead atoms. The second kappa shape index (κ2) is 8.11. The number of methoxy groups -OCH3 is 1. The highest BCUT2D eigenvalue weighted by atomic mass is 16.5. The van der Waals surface area contributed by atoms with Crippen LogP contribution in [-0.4, -0.2) is 73.2 Å². The van der Waals surface area contributed by atoms with Gasteiger partial charge in [-0.2, -0.15) is 0 Å². The van der Waals surface area contributed by atoms with Crippen molar-refractivity contribution in [2.24, 2.45) is 0 Å². The SMILES string of the molecule is COC(=O)C(CCN1CCN(C(C)(C)C)CC1)NC(C)C. The van der Waals surface area contributed by atoms with Crippen LogP contribution in [0, 0.1) is 0 Å². The fourth-order valence-electron chi connectivity index (χ4n) is 2.77. The lowest BCUT2D eigenvalue weighted by molar-refractivity contribution is -0.143. The molecule has 1 atom stereocenters. The number of rotatable bonds is 6. The fourth-order valence-corrected chi connectivity index (χ4v) is 2.77. The van der Waals surface area contributed by atoms with Gasteiger partial charge < -0.3 is 15.0 Å². The molecule has 21 heavy (non-hydrogen) atoms. The minimum absolute atomic E-state index is 0.156. The zero-order chi connectivity index (χ0) is 16.0. The molecule has 0 aromatic heterocycles. The van der Waals surface area contributed by atoms with Gasteiger partial charge in [0.2, 0.25) is 0 Å². The van der Waals surface area contributed by atoms with E-state index >= 15 is 0 Å². The standard InChI is InChI=1S/C16H33N3O2/c1-13(2)17-14(15(20)21-6)7-8-18-9-11-19(12-10-18)16(3,4)5/h13-14,17H,7-12H2,1-6H3. The van der Waals surface area contributed by atoms with E-state index in [1.165, 1.54) is 7.11 Å². The van der Waals surface area contributed by atoms with Gasteiger partial charge in [-0.25, -0.2) is 0 Å². The lowest BCUT2D eigenvalue weighted by Crippen LogP contribution is -2.54. The summed E-state index contributed by atoms with van der Waals surface area (Å²) in [7, 11) is 1.46.